The molecule has 3 aliphatic heterocycles. The van der Waals surface area contributed by atoms with E-state index in [0.717, 1.165) is 43.9 Å². The Morgan fingerprint density at radius 3 is 2.43 bits per heavy atom. The van der Waals surface area contributed by atoms with E-state index in [1.165, 1.54) is 12.1 Å². The Morgan fingerprint density at radius 2 is 1.77 bits per heavy atom. The van der Waals surface area contributed by atoms with Crippen LogP contribution in [0.15, 0.2) is 30.3 Å². The molecule has 9 rings (SSSR count). The molecule has 14 heteroatoms. The number of nitrogens with one attached hydrogen (secondary N) is 1. The predicted octanol–water partition coefficient (Wildman–Crippen LogP) is 7.65. The van der Waals surface area contributed by atoms with Crippen molar-refractivity contribution in [2.24, 2.45) is 10.8 Å². The maximum absolute atomic E-state index is 17.2. The van der Waals surface area contributed by atoms with Crippen molar-refractivity contribution in [3.63, 3.8) is 0 Å². The van der Waals surface area contributed by atoms with Gasteiger partial charge in [-0.05, 0) is 80.3 Å². The molecule has 0 radical (unpaired) electrons. The van der Waals surface area contributed by atoms with Crippen molar-refractivity contribution in [1.82, 2.24) is 20.2 Å². The summed E-state index contributed by atoms with van der Waals surface area (Å²) >= 11 is 0. The van der Waals surface area contributed by atoms with Crippen molar-refractivity contribution in [3.05, 3.63) is 53.1 Å². The van der Waals surface area contributed by atoms with E-state index in [0.29, 0.717) is 45.6 Å². The molecule has 0 amide bonds. The number of phenolic OH excluding ortho intramolecular Hbond substituents is 1. The van der Waals surface area contributed by atoms with Crippen molar-refractivity contribution >= 4 is 27.5 Å². The van der Waals surface area contributed by atoms with Crippen LogP contribution in [0.25, 0.3) is 32.8 Å². The van der Waals surface area contributed by atoms with E-state index >= 15 is 17.6 Å². The summed E-state index contributed by atoms with van der Waals surface area (Å²) in [6.07, 6.45) is 4.89. The number of hydrogen-bond donors (Lipinski definition) is 2. The van der Waals surface area contributed by atoms with Gasteiger partial charge in [-0.25, -0.2) is 17.6 Å². The summed E-state index contributed by atoms with van der Waals surface area (Å²) in [6, 6.07) is 5.14. The van der Waals surface area contributed by atoms with Crippen LogP contribution in [0.3, 0.4) is 0 Å². The summed E-state index contributed by atoms with van der Waals surface area (Å²) in [7, 11) is 0. The first kappa shape index (κ1) is 34.4. The molecule has 5 aliphatic rings. The first-order chi connectivity index (χ1) is 25.2. The van der Waals surface area contributed by atoms with Gasteiger partial charge in [-0.15, -0.1) is 6.42 Å². The molecule has 2 bridgehead atoms. The lowest BCUT2D eigenvalue weighted by Gasteiger charge is -2.35. The Bertz CT molecular complexity index is 2210. The number of halogens is 7. The number of aromatic nitrogens is 2. The molecule has 2 saturated carbocycles. The third-order valence-electron chi connectivity index (χ3n) is 12.1. The van der Waals surface area contributed by atoms with Crippen LogP contribution in [0.1, 0.15) is 56.1 Å². The fourth-order valence-corrected chi connectivity index (χ4v) is 9.12. The fourth-order valence-electron chi connectivity index (χ4n) is 9.12. The van der Waals surface area contributed by atoms with Crippen LogP contribution < -0.4 is 15.0 Å². The van der Waals surface area contributed by atoms with Crippen LogP contribution in [0.5, 0.6) is 11.8 Å². The van der Waals surface area contributed by atoms with E-state index in [1.54, 1.807) is 0 Å². The number of piperazine rings is 1. The summed E-state index contributed by atoms with van der Waals surface area (Å²) in [5.41, 5.74) is -4.88. The Balaban J connectivity index is 1.16. The van der Waals surface area contributed by atoms with Crippen LogP contribution in [-0.2, 0) is 6.18 Å². The zero-order chi connectivity index (χ0) is 37.1. The summed E-state index contributed by atoms with van der Waals surface area (Å²) in [4.78, 5) is 12.9. The number of phenols is 1. The highest BCUT2D eigenvalue weighted by Crippen LogP contribution is 2.65. The lowest BCUT2D eigenvalue weighted by molar-refractivity contribution is -0.137. The number of alkyl halides is 5. The molecular formula is C39H36F7N5O2. The minimum absolute atomic E-state index is 0.0616. The molecule has 4 aromatic rings. The summed E-state index contributed by atoms with van der Waals surface area (Å²) in [5.74, 6) is -3.10. The maximum Gasteiger partial charge on any atom is 0.417 e. The van der Waals surface area contributed by atoms with E-state index in [9.17, 15) is 18.3 Å². The van der Waals surface area contributed by atoms with Gasteiger partial charge in [-0.3, -0.25) is 0 Å². The molecule has 2 N–H and O–H groups in total. The van der Waals surface area contributed by atoms with E-state index in [-0.39, 0.29) is 64.1 Å². The molecular weight excluding hydrogens is 703 g/mol. The molecule has 5 fully saturated rings. The van der Waals surface area contributed by atoms with Crippen molar-refractivity contribution in [3.8, 4) is 35.2 Å². The molecule has 3 saturated heterocycles. The molecule has 1 spiro atoms. The zero-order valence-electron chi connectivity index (χ0n) is 28.6. The van der Waals surface area contributed by atoms with Crippen molar-refractivity contribution < 1.29 is 40.6 Å². The second-order valence-electron chi connectivity index (χ2n) is 15.8. The van der Waals surface area contributed by atoms with E-state index in [2.05, 4.69) is 26.1 Å². The largest absolute Gasteiger partial charge is 0.508 e. The topological polar surface area (TPSA) is 73.8 Å². The van der Waals surface area contributed by atoms with E-state index in [1.807, 2.05) is 4.90 Å². The first-order valence-corrected chi connectivity index (χ1v) is 18.0. The number of terminal acetylenes is 1. The minimum Gasteiger partial charge on any atom is -0.508 e. The van der Waals surface area contributed by atoms with Crippen LogP contribution in [-0.4, -0.2) is 77.3 Å². The normalized spacial score (nSPS) is 26.0. The third-order valence-corrected chi connectivity index (χ3v) is 12.1. The Labute approximate surface area is 300 Å². The van der Waals surface area contributed by atoms with Gasteiger partial charge < -0.3 is 25.0 Å². The number of ether oxygens (including phenoxy) is 1. The third kappa shape index (κ3) is 5.82. The average molecular weight is 740 g/mol. The SMILES string of the molecule is C#Cc1c(F)ccc2cc(O)cc(-c3c(C(F)(F)F)cc4c(N5CC6CCC(C5)N6)nc(OCC5(CN6CCCC7(C6)CC7(F)F)CC5)nc4c3F)c12. The average Bonchev–Trinajstić information content (AvgIpc) is 3.94. The molecule has 53 heavy (non-hydrogen) atoms. The van der Waals surface area contributed by atoms with Gasteiger partial charge in [0, 0.05) is 66.4 Å². The quantitative estimate of drug-likeness (QED) is 0.149. The van der Waals surface area contributed by atoms with Crippen molar-refractivity contribution in [2.75, 3.05) is 44.2 Å². The van der Waals surface area contributed by atoms with E-state index < -0.39 is 57.1 Å². The molecule has 3 atom stereocenters. The number of anilines is 1. The number of fused-ring (bicyclic) bond motifs is 4. The number of likely N-dealkylation sites (tertiary alicyclic amines) is 1. The first-order valence-electron chi connectivity index (χ1n) is 18.0. The second kappa shape index (κ2) is 11.8. The summed E-state index contributed by atoms with van der Waals surface area (Å²) < 4.78 is 112. The lowest BCUT2D eigenvalue weighted by atomic mass is 9.89. The Kier molecular flexibility index (Phi) is 7.68. The molecule has 3 unspecified atom stereocenters. The fraction of sp³-hybridized carbons (Fsp3) is 0.487. The summed E-state index contributed by atoms with van der Waals surface area (Å²) in [5, 5.41) is 13.9. The highest BCUT2D eigenvalue weighted by Gasteiger charge is 2.71. The minimum atomic E-state index is -5.10. The maximum atomic E-state index is 17.2. The van der Waals surface area contributed by atoms with Crippen LogP contribution in [0.2, 0.25) is 0 Å². The molecule has 2 aliphatic carbocycles. The number of rotatable bonds is 7. The van der Waals surface area contributed by atoms with Gasteiger partial charge in [0.15, 0.2) is 5.82 Å². The Morgan fingerprint density at radius 1 is 1.04 bits per heavy atom. The number of piperidine rings is 1. The van der Waals surface area contributed by atoms with Gasteiger partial charge in [0.25, 0.3) is 5.92 Å². The van der Waals surface area contributed by atoms with Crippen LogP contribution in [0.4, 0.5) is 36.6 Å². The van der Waals surface area contributed by atoms with Crippen LogP contribution in [0, 0.1) is 34.8 Å². The lowest BCUT2D eigenvalue weighted by Crippen LogP contribution is -2.51. The zero-order valence-corrected chi connectivity index (χ0v) is 28.6. The number of nitrogens with zero attached hydrogens (tertiary/aromatic N) is 4. The number of aromatic hydroxyl groups is 1. The standard InChI is InChI=1S/C39H36F7N5O2/c1-2-25-29(40)7-4-21-12-24(52)13-26(30(21)25)31-28(39(44,45)46)14-27-33(32(31)41)48-35(49-34(27)51-15-22-5-6-23(16-51)47-22)53-20-36(9-10-36)18-50-11-3-8-37(19-50)17-38(37,42)43/h1,4,7,12-14,22-23,47,52H,3,5-6,8-11,15-20H2. The highest BCUT2D eigenvalue weighted by atomic mass is 19.4. The van der Waals surface area contributed by atoms with Gasteiger partial charge in [0.2, 0.25) is 0 Å². The number of hydrogen-bond acceptors (Lipinski definition) is 7. The highest BCUT2D eigenvalue weighted by molar-refractivity contribution is 6.05. The molecule has 1 aromatic heterocycles. The van der Waals surface area contributed by atoms with Crippen molar-refractivity contribution in [1.29, 1.82) is 0 Å². The molecule has 3 aromatic carbocycles. The predicted molar refractivity (Wildman–Crippen MR) is 184 cm³/mol. The summed E-state index contributed by atoms with van der Waals surface area (Å²) in [6.45, 7) is 2.50. The Hall–Kier alpha value is -4.35. The monoisotopic (exact) mass is 739 g/mol. The number of benzene rings is 3. The van der Waals surface area contributed by atoms with Crippen LogP contribution >= 0.6 is 0 Å². The smallest absolute Gasteiger partial charge is 0.417 e. The molecule has 278 valence electrons. The van der Waals surface area contributed by atoms with Gasteiger partial charge in [0.05, 0.1) is 23.1 Å². The molecule has 4 heterocycles. The van der Waals surface area contributed by atoms with Gasteiger partial charge >= 0.3 is 12.2 Å². The second-order valence-corrected chi connectivity index (χ2v) is 15.8. The van der Waals surface area contributed by atoms with E-state index in [4.69, 9.17) is 11.2 Å². The van der Waals surface area contributed by atoms with Crippen molar-refractivity contribution in [2.45, 2.75) is 69.1 Å². The van der Waals surface area contributed by atoms with Gasteiger partial charge in [-0.2, -0.15) is 23.1 Å². The van der Waals surface area contributed by atoms with Gasteiger partial charge in [-0.1, -0.05) is 12.0 Å². The molecule has 7 nitrogen and oxygen atoms in total. The van der Waals surface area contributed by atoms with Gasteiger partial charge in [0.1, 0.15) is 22.9 Å².